The van der Waals surface area contributed by atoms with E-state index in [1.54, 1.807) is 13.3 Å². The van der Waals surface area contributed by atoms with Gasteiger partial charge in [-0.05, 0) is 93.2 Å². The van der Waals surface area contributed by atoms with Crippen molar-refractivity contribution in [2.75, 3.05) is 7.11 Å². The summed E-state index contributed by atoms with van der Waals surface area (Å²) in [6.07, 6.45) is 21.8. The second kappa shape index (κ2) is 41.2. The van der Waals surface area contributed by atoms with Crippen LogP contribution in [0.25, 0.3) is 5.57 Å². The molecule has 2 rings (SSSR count). The first-order valence-electron chi connectivity index (χ1n) is 22.3. The topological polar surface area (TPSA) is 69.8 Å². The highest BCUT2D eigenvalue weighted by Crippen LogP contribution is 2.22. The number of ether oxygens (including phenoxy) is 1. The molecule has 4 heteroatoms. The van der Waals surface area contributed by atoms with E-state index in [-0.39, 0.29) is 0 Å². The van der Waals surface area contributed by atoms with Crippen molar-refractivity contribution in [3.63, 3.8) is 0 Å². The van der Waals surface area contributed by atoms with E-state index in [0.29, 0.717) is 11.6 Å². The van der Waals surface area contributed by atoms with E-state index in [4.69, 9.17) is 15.6 Å². The van der Waals surface area contributed by atoms with E-state index < -0.39 is 0 Å². The van der Waals surface area contributed by atoms with E-state index in [1.165, 1.54) is 68.7 Å². The van der Waals surface area contributed by atoms with Crippen molar-refractivity contribution in [3.8, 4) is 17.6 Å². The van der Waals surface area contributed by atoms with Crippen molar-refractivity contribution < 1.29 is 4.74 Å². The Labute approximate surface area is 350 Å². The van der Waals surface area contributed by atoms with Gasteiger partial charge in [-0.25, -0.2) is 0 Å². The van der Waals surface area contributed by atoms with Gasteiger partial charge in [0, 0.05) is 35.7 Å². The molecule has 2 N–H and O–H groups in total. The molecule has 2 unspecified atom stereocenters. The molecule has 0 radical (unpaired) electrons. The molecule has 2 aromatic rings. The van der Waals surface area contributed by atoms with Crippen molar-refractivity contribution in [2.45, 2.75) is 195 Å². The summed E-state index contributed by atoms with van der Waals surface area (Å²) in [5.74, 6) is 9.60. The van der Waals surface area contributed by atoms with Crippen LogP contribution in [0.2, 0.25) is 0 Å². The van der Waals surface area contributed by atoms with Crippen LogP contribution in [0, 0.1) is 54.3 Å². The standard InChI is InChI=1S/C15H21N3.C12H26.C11H16O.C10H16.2C2H6/c1-5-6-14(17)13-9-18-15(7-11(13)4)12(8-16)10(2)3;1-5-11(4)9-8-10-12(6-2)7-3;1-4-5-10-7-6-9(2)8-11(10)12-3;1-4-6-7-8-9-10(3)5-2;2*1-2/h7-9,16-17H,5-6H2,1-4H3;11-12H,5-10H2,1-4H3;6-8H,4-5H2,1-3H3;8-10H,4-5H2,1-3H3;2*1-2H3/b;;;9-8-;;. The molecule has 1 aromatic heterocycles. The third-order valence-electron chi connectivity index (χ3n) is 9.45. The predicted octanol–water partition coefficient (Wildman–Crippen LogP) is 16.7. The lowest BCUT2D eigenvalue weighted by Crippen LogP contribution is -2.04. The summed E-state index contributed by atoms with van der Waals surface area (Å²) < 4.78 is 5.28. The molecule has 320 valence electrons. The van der Waals surface area contributed by atoms with Crippen LogP contribution < -0.4 is 4.74 Å². The number of aromatic nitrogens is 1. The zero-order valence-electron chi connectivity index (χ0n) is 40.2. The van der Waals surface area contributed by atoms with Gasteiger partial charge in [-0.3, -0.25) is 4.98 Å². The molecule has 0 saturated carbocycles. The van der Waals surface area contributed by atoms with Crippen molar-refractivity contribution >= 4 is 17.5 Å². The Bertz CT molecular complexity index is 1370. The van der Waals surface area contributed by atoms with Gasteiger partial charge in [-0.2, -0.15) is 0 Å². The summed E-state index contributed by atoms with van der Waals surface area (Å²) in [4.78, 5) is 4.39. The fourth-order valence-electron chi connectivity index (χ4n) is 5.37. The maximum absolute atomic E-state index is 7.98. The number of nitrogens with one attached hydrogen (secondary N) is 2. The van der Waals surface area contributed by atoms with Crippen molar-refractivity contribution in [3.05, 3.63) is 76.1 Å². The Balaban J connectivity index is -0.000000320. The van der Waals surface area contributed by atoms with Gasteiger partial charge in [0.15, 0.2) is 0 Å². The molecule has 0 bridgehead atoms. The van der Waals surface area contributed by atoms with E-state index >= 15 is 0 Å². The van der Waals surface area contributed by atoms with Gasteiger partial charge < -0.3 is 15.6 Å². The van der Waals surface area contributed by atoms with Gasteiger partial charge in [-0.15, -0.1) is 0 Å². The second-order valence-electron chi connectivity index (χ2n) is 14.3. The smallest absolute Gasteiger partial charge is 0.122 e. The summed E-state index contributed by atoms with van der Waals surface area (Å²) in [6.45, 7) is 36.0. The quantitative estimate of drug-likeness (QED) is 0.124. The molecule has 1 heterocycles. The largest absolute Gasteiger partial charge is 0.496 e. The van der Waals surface area contributed by atoms with Crippen LogP contribution in [0.4, 0.5) is 0 Å². The van der Waals surface area contributed by atoms with Gasteiger partial charge in [0.2, 0.25) is 0 Å². The van der Waals surface area contributed by atoms with E-state index in [1.807, 2.05) is 60.6 Å². The zero-order chi connectivity index (χ0) is 43.9. The van der Waals surface area contributed by atoms with Gasteiger partial charge in [0.05, 0.1) is 12.8 Å². The average molecular weight is 774 g/mol. The summed E-state index contributed by atoms with van der Waals surface area (Å²) in [5.41, 5.74) is 7.92. The average Bonchev–Trinajstić information content (AvgIpc) is 3.21. The van der Waals surface area contributed by atoms with Crippen LogP contribution in [0.1, 0.15) is 202 Å². The first-order chi connectivity index (χ1) is 26.8. The Morgan fingerprint density at radius 3 is 1.93 bits per heavy atom. The van der Waals surface area contributed by atoms with Gasteiger partial charge in [0.1, 0.15) is 5.75 Å². The molecule has 0 aliphatic heterocycles. The van der Waals surface area contributed by atoms with Gasteiger partial charge >= 0.3 is 0 Å². The maximum Gasteiger partial charge on any atom is 0.122 e. The van der Waals surface area contributed by atoms with Crippen molar-refractivity contribution in [1.82, 2.24) is 4.98 Å². The Morgan fingerprint density at radius 2 is 1.48 bits per heavy atom. The van der Waals surface area contributed by atoms with Crippen molar-refractivity contribution in [2.24, 2.45) is 17.8 Å². The Kier molecular flexibility index (Phi) is 43.6. The first-order valence-corrected chi connectivity index (χ1v) is 22.3. The molecular weight excluding hydrogens is 683 g/mol. The normalized spacial score (nSPS) is 10.8. The highest BCUT2D eigenvalue weighted by molar-refractivity contribution is 6.09. The SMILES string of the molecule is CC.CC.CCC#C/C=C\C(C)CC.CCC(C)CCCC(CC)CC.CCCC(=N)c1cnc(C(C=N)=C(C)C)cc1C.CCCc1ccc(C)cc1OC. The molecule has 0 amide bonds. The molecule has 56 heavy (non-hydrogen) atoms. The lowest BCUT2D eigenvalue weighted by atomic mass is 9.93. The second-order valence-corrected chi connectivity index (χ2v) is 14.3. The summed E-state index contributed by atoms with van der Waals surface area (Å²) in [6, 6.07) is 8.34. The van der Waals surface area contributed by atoms with Crippen LogP contribution in [-0.2, 0) is 6.42 Å². The van der Waals surface area contributed by atoms with Crippen LogP contribution >= 0.6 is 0 Å². The fraction of sp³-hybridized carbons (Fsp3) is 0.635. The molecular formula is C52H91N3O. The van der Waals surface area contributed by atoms with Crippen LogP contribution in [0.5, 0.6) is 5.75 Å². The number of benzene rings is 1. The molecule has 0 fully saturated rings. The number of hydrogen-bond donors (Lipinski definition) is 2. The highest BCUT2D eigenvalue weighted by atomic mass is 16.5. The Morgan fingerprint density at radius 1 is 0.857 bits per heavy atom. The monoisotopic (exact) mass is 774 g/mol. The van der Waals surface area contributed by atoms with Crippen molar-refractivity contribution in [1.29, 1.82) is 10.8 Å². The lowest BCUT2D eigenvalue weighted by Gasteiger charge is -2.13. The number of methoxy groups -OCH3 is 1. The highest BCUT2D eigenvalue weighted by Gasteiger charge is 2.09. The summed E-state index contributed by atoms with van der Waals surface area (Å²) >= 11 is 0. The Hall–Kier alpha value is -3.45. The summed E-state index contributed by atoms with van der Waals surface area (Å²) in [7, 11) is 1.73. The lowest BCUT2D eigenvalue weighted by molar-refractivity contribution is 0.399. The molecule has 0 aliphatic rings. The van der Waals surface area contributed by atoms with Gasteiger partial charge in [-0.1, -0.05) is 183 Å². The van der Waals surface area contributed by atoms with E-state index in [9.17, 15) is 0 Å². The minimum atomic E-state index is 0.641. The molecule has 2 atom stereocenters. The number of aryl methyl sites for hydroxylation is 3. The van der Waals surface area contributed by atoms with Crippen LogP contribution in [0.3, 0.4) is 0 Å². The third kappa shape index (κ3) is 29.8. The van der Waals surface area contributed by atoms with Gasteiger partial charge in [0.25, 0.3) is 0 Å². The zero-order valence-corrected chi connectivity index (χ0v) is 40.2. The molecule has 0 spiro atoms. The maximum atomic E-state index is 7.98. The number of hydrogen-bond acceptors (Lipinski definition) is 4. The third-order valence-corrected chi connectivity index (χ3v) is 9.45. The minimum Gasteiger partial charge on any atom is -0.496 e. The summed E-state index contributed by atoms with van der Waals surface area (Å²) in [5, 5.41) is 15.4. The first kappa shape index (κ1) is 59.2. The number of nitrogens with zero attached hydrogens (tertiary/aromatic N) is 1. The van der Waals surface area contributed by atoms with Crippen LogP contribution in [0.15, 0.2) is 48.2 Å². The fourth-order valence-corrected chi connectivity index (χ4v) is 5.37. The minimum absolute atomic E-state index is 0.641. The number of allylic oxidation sites excluding steroid dienone is 4. The number of rotatable bonds is 17. The number of pyridine rings is 1. The molecule has 4 nitrogen and oxygen atoms in total. The van der Waals surface area contributed by atoms with E-state index in [0.717, 1.165) is 71.2 Å². The molecule has 0 saturated heterocycles. The van der Waals surface area contributed by atoms with Crippen LogP contribution in [-0.4, -0.2) is 24.0 Å². The van der Waals surface area contributed by atoms with E-state index in [2.05, 4.69) is 110 Å². The molecule has 1 aromatic carbocycles. The predicted molar refractivity (Wildman–Crippen MR) is 256 cm³/mol. The molecule has 0 aliphatic carbocycles.